The first-order valence-corrected chi connectivity index (χ1v) is 6.30. The number of aryl methyl sites for hydroxylation is 1. The van der Waals surface area contributed by atoms with Gasteiger partial charge in [0.05, 0.1) is 0 Å². The molecule has 19 heavy (non-hydrogen) atoms. The molecule has 0 aliphatic heterocycles. The van der Waals surface area contributed by atoms with E-state index in [4.69, 9.17) is 0 Å². The molecule has 1 aromatic heterocycles. The monoisotopic (exact) mass is 254 g/mol. The SMILES string of the molecule is CC(=O)c1ccnc(N(C)Cc2cccc(C)c2)c1. The first kappa shape index (κ1) is 13.3. The van der Waals surface area contributed by atoms with E-state index in [1.165, 1.54) is 11.1 Å². The van der Waals surface area contributed by atoms with Gasteiger partial charge in [0.1, 0.15) is 5.82 Å². The van der Waals surface area contributed by atoms with Gasteiger partial charge in [-0.1, -0.05) is 29.8 Å². The summed E-state index contributed by atoms with van der Waals surface area (Å²) in [4.78, 5) is 17.7. The Kier molecular flexibility index (Phi) is 3.95. The fraction of sp³-hybridized carbons (Fsp3) is 0.250. The number of carbonyl (C=O) groups is 1. The molecule has 0 radical (unpaired) electrons. The van der Waals surface area contributed by atoms with E-state index in [0.717, 1.165) is 12.4 Å². The summed E-state index contributed by atoms with van der Waals surface area (Å²) in [5.74, 6) is 0.877. The minimum atomic E-state index is 0.0626. The highest BCUT2D eigenvalue weighted by atomic mass is 16.1. The van der Waals surface area contributed by atoms with Crippen molar-refractivity contribution in [2.45, 2.75) is 20.4 Å². The van der Waals surface area contributed by atoms with Crippen molar-refractivity contribution in [3.8, 4) is 0 Å². The number of carbonyl (C=O) groups excluding carboxylic acids is 1. The molecule has 0 fully saturated rings. The van der Waals surface area contributed by atoms with Crippen LogP contribution < -0.4 is 4.90 Å². The maximum Gasteiger partial charge on any atom is 0.159 e. The third-order valence-corrected chi connectivity index (χ3v) is 3.05. The zero-order valence-electron chi connectivity index (χ0n) is 11.6. The second-order valence-corrected chi connectivity index (χ2v) is 4.80. The predicted molar refractivity (Wildman–Crippen MR) is 77.5 cm³/mol. The quantitative estimate of drug-likeness (QED) is 0.785. The number of anilines is 1. The van der Waals surface area contributed by atoms with Crippen LogP contribution in [0.2, 0.25) is 0 Å². The number of benzene rings is 1. The lowest BCUT2D eigenvalue weighted by molar-refractivity contribution is 0.101. The number of aromatic nitrogens is 1. The topological polar surface area (TPSA) is 33.2 Å². The molecule has 98 valence electrons. The second-order valence-electron chi connectivity index (χ2n) is 4.80. The molecule has 1 aromatic carbocycles. The van der Waals surface area contributed by atoms with Crippen molar-refractivity contribution in [1.29, 1.82) is 0 Å². The number of rotatable bonds is 4. The molecule has 3 nitrogen and oxygen atoms in total. The van der Waals surface area contributed by atoms with E-state index in [2.05, 4.69) is 36.2 Å². The first-order valence-electron chi connectivity index (χ1n) is 6.30. The number of hydrogen-bond acceptors (Lipinski definition) is 3. The number of ketones is 1. The van der Waals surface area contributed by atoms with E-state index in [-0.39, 0.29) is 5.78 Å². The fourth-order valence-corrected chi connectivity index (χ4v) is 2.01. The molecule has 2 rings (SSSR count). The lowest BCUT2D eigenvalue weighted by Gasteiger charge is -2.18. The van der Waals surface area contributed by atoms with Crippen molar-refractivity contribution in [3.05, 3.63) is 59.3 Å². The van der Waals surface area contributed by atoms with E-state index in [9.17, 15) is 4.79 Å². The van der Waals surface area contributed by atoms with Gasteiger partial charge in [-0.3, -0.25) is 4.79 Å². The third kappa shape index (κ3) is 3.41. The van der Waals surface area contributed by atoms with Gasteiger partial charge in [0.15, 0.2) is 5.78 Å². The standard InChI is InChI=1S/C16H18N2O/c1-12-5-4-6-14(9-12)11-18(3)16-10-15(13(2)19)7-8-17-16/h4-10H,11H2,1-3H3. The Morgan fingerprint density at radius 2 is 2.05 bits per heavy atom. The van der Waals surface area contributed by atoms with Gasteiger partial charge in [-0.2, -0.15) is 0 Å². The fourth-order valence-electron chi connectivity index (χ4n) is 2.01. The van der Waals surface area contributed by atoms with Gasteiger partial charge >= 0.3 is 0 Å². The van der Waals surface area contributed by atoms with Crippen molar-refractivity contribution < 1.29 is 4.79 Å². The Bertz CT molecular complexity index is 593. The molecule has 0 amide bonds. The summed E-state index contributed by atoms with van der Waals surface area (Å²) in [6.07, 6.45) is 1.68. The van der Waals surface area contributed by atoms with Crippen LogP contribution >= 0.6 is 0 Å². The molecular weight excluding hydrogens is 236 g/mol. The van der Waals surface area contributed by atoms with E-state index in [0.29, 0.717) is 5.56 Å². The van der Waals surface area contributed by atoms with Crippen LogP contribution in [0.25, 0.3) is 0 Å². The zero-order chi connectivity index (χ0) is 13.8. The van der Waals surface area contributed by atoms with E-state index >= 15 is 0 Å². The molecule has 0 saturated heterocycles. The van der Waals surface area contributed by atoms with Crippen molar-refractivity contribution >= 4 is 11.6 Å². The Hall–Kier alpha value is -2.16. The number of Topliss-reactive ketones (excluding diaryl/α,β-unsaturated/α-hetero) is 1. The molecule has 1 heterocycles. The summed E-state index contributed by atoms with van der Waals surface area (Å²) in [5.41, 5.74) is 3.18. The van der Waals surface area contributed by atoms with Crippen LogP contribution in [0.3, 0.4) is 0 Å². The zero-order valence-corrected chi connectivity index (χ0v) is 11.6. The minimum absolute atomic E-state index is 0.0626. The normalized spacial score (nSPS) is 10.3. The summed E-state index contributed by atoms with van der Waals surface area (Å²) >= 11 is 0. The Morgan fingerprint density at radius 3 is 2.74 bits per heavy atom. The van der Waals surface area contributed by atoms with Crippen molar-refractivity contribution in [2.24, 2.45) is 0 Å². The summed E-state index contributed by atoms with van der Waals surface area (Å²) in [6.45, 7) is 4.42. The maximum absolute atomic E-state index is 11.4. The lowest BCUT2D eigenvalue weighted by Crippen LogP contribution is -2.18. The van der Waals surface area contributed by atoms with E-state index in [1.807, 2.05) is 18.0 Å². The number of pyridine rings is 1. The Labute approximate surface area is 113 Å². The molecule has 0 atom stereocenters. The first-order chi connectivity index (χ1) is 9.06. The van der Waals surface area contributed by atoms with Crippen LogP contribution in [0, 0.1) is 6.92 Å². The molecule has 0 spiro atoms. The van der Waals surface area contributed by atoms with Crippen LogP contribution in [0.1, 0.15) is 28.4 Å². The summed E-state index contributed by atoms with van der Waals surface area (Å²) in [7, 11) is 1.98. The van der Waals surface area contributed by atoms with E-state index < -0.39 is 0 Å². The second kappa shape index (κ2) is 5.65. The van der Waals surface area contributed by atoms with Crippen LogP contribution in [0.4, 0.5) is 5.82 Å². The van der Waals surface area contributed by atoms with Gasteiger partial charge in [0.2, 0.25) is 0 Å². The van der Waals surface area contributed by atoms with Gasteiger partial charge < -0.3 is 4.90 Å². The van der Waals surface area contributed by atoms with Crippen molar-refractivity contribution in [1.82, 2.24) is 4.98 Å². The largest absolute Gasteiger partial charge is 0.355 e. The summed E-state index contributed by atoms with van der Waals surface area (Å²) < 4.78 is 0. The highest BCUT2D eigenvalue weighted by Crippen LogP contribution is 2.15. The van der Waals surface area contributed by atoms with Crippen LogP contribution in [-0.4, -0.2) is 17.8 Å². The number of nitrogens with zero attached hydrogens (tertiary/aromatic N) is 2. The molecule has 0 bridgehead atoms. The molecule has 3 heteroatoms. The predicted octanol–water partition coefficient (Wildman–Crippen LogP) is 3.23. The molecule has 2 aromatic rings. The lowest BCUT2D eigenvalue weighted by atomic mass is 10.1. The third-order valence-electron chi connectivity index (χ3n) is 3.05. The minimum Gasteiger partial charge on any atom is -0.355 e. The van der Waals surface area contributed by atoms with E-state index in [1.54, 1.807) is 19.2 Å². The van der Waals surface area contributed by atoms with Gasteiger partial charge in [-0.05, 0) is 31.5 Å². The molecule has 0 N–H and O–H groups in total. The summed E-state index contributed by atoms with van der Waals surface area (Å²) in [6, 6.07) is 12.0. The van der Waals surface area contributed by atoms with Crippen LogP contribution in [0.5, 0.6) is 0 Å². The molecule has 0 saturated carbocycles. The molecule has 0 unspecified atom stereocenters. The summed E-state index contributed by atoms with van der Waals surface area (Å²) in [5, 5.41) is 0. The van der Waals surface area contributed by atoms with Gasteiger partial charge in [-0.15, -0.1) is 0 Å². The average Bonchev–Trinajstić information content (AvgIpc) is 2.39. The van der Waals surface area contributed by atoms with Crippen molar-refractivity contribution in [2.75, 3.05) is 11.9 Å². The smallest absolute Gasteiger partial charge is 0.159 e. The van der Waals surface area contributed by atoms with Gasteiger partial charge in [0.25, 0.3) is 0 Å². The Balaban J connectivity index is 2.18. The highest BCUT2D eigenvalue weighted by Gasteiger charge is 2.06. The molecule has 0 aliphatic rings. The van der Waals surface area contributed by atoms with Crippen molar-refractivity contribution in [3.63, 3.8) is 0 Å². The molecule has 0 aliphatic carbocycles. The highest BCUT2D eigenvalue weighted by molar-refractivity contribution is 5.94. The number of hydrogen-bond donors (Lipinski definition) is 0. The van der Waals surface area contributed by atoms with Gasteiger partial charge in [-0.25, -0.2) is 4.98 Å². The van der Waals surface area contributed by atoms with Crippen LogP contribution in [0.15, 0.2) is 42.6 Å². The maximum atomic E-state index is 11.4. The molecular formula is C16H18N2O. The van der Waals surface area contributed by atoms with Gasteiger partial charge in [0, 0.05) is 25.4 Å². The Morgan fingerprint density at radius 1 is 1.26 bits per heavy atom. The average molecular weight is 254 g/mol. The van der Waals surface area contributed by atoms with Crippen LogP contribution in [-0.2, 0) is 6.54 Å².